The zero-order valence-corrected chi connectivity index (χ0v) is 11.4. The van der Waals surface area contributed by atoms with Gasteiger partial charge in [-0.25, -0.2) is 17.2 Å². The topological polar surface area (TPSA) is 56.3 Å². The van der Waals surface area contributed by atoms with Crippen molar-refractivity contribution in [2.24, 2.45) is 0 Å². The summed E-state index contributed by atoms with van der Waals surface area (Å²) >= 11 is 5.29. The summed E-state index contributed by atoms with van der Waals surface area (Å²) < 4.78 is 87.3. The Hall–Kier alpha value is -0.870. The summed E-state index contributed by atoms with van der Waals surface area (Å²) in [7, 11) is 0.0622. The van der Waals surface area contributed by atoms with Crippen molar-refractivity contribution < 1.29 is 35.1 Å². The summed E-state index contributed by atoms with van der Waals surface area (Å²) in [4.78, 5) is 2.89. The number of nitrogens with zero attached hydrogens (tertiary/aromatic N) is 1. The molecule has 20 heavy (non-hydrogen) atoms. The van der Waals surface area contributed by atoms with Crippen molar-refractivity contribution in [2.75, 3.05) is 0 Å². The molecule has 12 heteroatoms. The van der Waals surface area contributed by atoms with Crippen molar-refractivity contribution in [3.8, 4) is 5.88 Å². The molecule has 0 aliphatic heterocycles. The van der Waals surface area contributed by atoms with Gasteiger partial charge in [-0.15, -0.1) is 24.8 Å². The molecule has 0 aromatic carbocycles. The van der Waals surface area contributed by atoms with Crippen molar-refractivity contribution >= 4 is 31.3 Å². The second-order valence-electron chi connectivity index (χ2n) is 3.27. The predicted octanol–water partition coefficient (Wildman–Crippen LogP) is 3.58. The molecule has 0 unspecified atom stereocenters. The Balaban J connectivity index is 3.55. The van der Waals surface area contributed by atoms with E-state index in [2.05, 4.69) is 9.72 Å². The lowest BCUT2D eigenvalue weighted by Crippen LogP contribution is -2.20. The van der Waals surface area contributed by atoms with Crippen molar-refractivity contribution in [1.29, 1.82) is 0 Å². The van der Waals surface area contributed by atoms with Crippen LogP contribution in [0.4, 0.5) is 22.0 Å². The van der Waals surface area contributed by atoms with E-state index in [0.717, 1.165) is 0 Å². The Morgan fingerprint density at radius 3 is 2.25 bits per heavy atom. The highest BCUT2D eigenvalue weighted by atomic mass is 35.7. The van der Waals surface area contributed by atoms with Crippen LogP contribution >= 0.6 is 22.3 Å². The van der Waals surface area contributed by atoms with Crippen LogP contribution in [0.1, 0.15) is 17.6 Å². The number of halogens is 7. The zero-order valence-electron chi connectivity index (χ0n) is 9.09. The molecule has 0 aliphatic rings. The molecule has 0 atom stereocenters. The van der Waals surface area contributed by atoms with Gasteiger partial charge in [0.05, 0.1) is 11.4 Å². The first-order valence-corrected chi connectivity index (χ1v) is 7.38. The number of aromatic nitrogens is 1. The van der Waals surface area contributed by atoms with Gasteiger partial charge < -0.3 is 4.74 Å². The highest BCUT2D eigenvalue weighted by Crippen LogP contribution is 2.34. The number of hydrogen-bond donors (Lipinski definition) is 0. The van der Waals surface area contributed by atoms with Crippen molar-refractivity contribution in [3.05, 3.63) is 17.2 Å². The van der Waals surface area contributed by atoms with Crippen molar-refractivity contribution in [1.82, 2.24) is 4.98 Å². The highest BCUT2D eigenvalue weighted by molar-refractivity contribution is 8.13. The molecule has 4 nitrogen and oxygen atoms in total. The first-order valence-electron chi connectivity index (χ1n) is 4.54. The van der Waals surface area contributed by atoms with Crippen molar-refractivity contribution in [2.45, 2.75) is 23.7 Å². The molecule has 0 N–H and O–H groups in total. The van der Waals surface area contributed by atoms with Crippen LogP contribution in [0, 0.1) is 0 Å². The second-order valence-corrected chi connectivity index (χ2v) is 6.02. The van der Waals surface area contributed by atoms with Crippen LogP contribution in [-0.2, 0) is 14.9 Å². The van der Waals surface area contributed by atoms with Gasteiger partial charge in [-0.05, 0) is 6.07 Å². The largest absolute Gasteiger partial charge is 0.574 e. The summed E-state index contributed by atoms with van der Waals surface area (Å²) in [5.41, 5.74) is -1.71. The number of ether oxygens (including phenoxy) is 1. The first kappa shape index (κ1) is 17.2. The Morgan fingerprint density at radius 1 is 1.35 bits per heavy atom. The molecule has 0 aliphatic carbocycles. The summed E-state index contributed by atoms with van der Waals surface area (Å²) in [6.45, 7) is 0. The number of alkyl halides is 6. The molecule has 0 spiro atoms. The van der Waals surface area contributed by atoms with Gasteiger partial charge in [0.25, 0.3) is 15.5 Å². The maximum atomic E-state index is 12.7. The molecule has 0 amide bonds. The molecule has 1 aromatic heterocycles. The van der Waals surface area contributed by atoms with Gasteiger partial charge in [-0.3, -0.25) is 0 Å². The fraction of sp³-hybridized carbons (Fsp3) is 0.375. The number of hydrogen-bond acceptors (Lipinski definition) is 4. The molecule has 114 valence electrons. The van der Waals surface area contributed by atoms with Crippen LogP contribution < -0.4 is 4.74 Å². The first-order chi connectivity index (χ1) is 8.95. The minimum absolute atomic E-state index is 0.445. The Labute approximate surface area is 118 Å². The zero-order chi connectivity index (χ0) is 15.7. The van der Waals surface area contributed by atoms with E-state index < -0.39 is 49.8 Å². The molecule has 1 aromatic rings. The van der Waals surface area contributed by atoms with E-state index in [0.29, 0.717) is 6.07 Å². The molecule has 0 bridgehead atoms. The van der Waals surface area contributed by atoms with Crippen LogP contribution in [0.5, 0.6) is 5.88 Å². The van der Waals surface area contributed by atoms with E-state index in [1.54, 1.807) is 0 Å². The summed E-state index contributed by atoms with van der Waals surface area (Å²) in [6.07, 6.45) is -8.53. The van der Waals surface area contributed by atoms with Gasteiger partial charge in [0, 0.05) is 16.2 Å². The Morgan fingerprint density at radius 2 is 1.90 bits per heavy atom. The monoisotopic (exact) mass is 359 g/mol. The van der Waals surface area contributed by atoms with E-state index in [-0.39, 0.29) is 0 Å². The van der Waals surface area contributed by atoms with E-state index in [1.165, 1.54) is 0 Å². The van der Waals surface area contributed by atoms with Gasteiger partial charge in [0.1, 0.15) is 0 Å². The van der Waals surface area contributed by atoms with Crippen LogP contribution in [0.2, 0.25) is 0 Å². The highest BCUT2D eigenvalue weighted by Gasteiger charge is 2.35. The lowest BCUT2D eigenvalue weighted by molar-refractivity contribution is -0.276. The quantitative estimate of drug-likeness (QED) is 0.468. The third-order valence-corrected chi connectivity index (χ3v) is 3.39. The Kier molecular flexibility index (Phi) is 5.03. The normalized spacial score (nSPS) is 12.8. The van der Waals surface area contributed by atoms with Crippen LogP contribution in [-0.4, -0.2) is 19.8 Å². The predicted molar refractivity (Wildman–Crippen MR) is 58.5 cm³/mol. The van der Waals surface area contributed by atoms with Gasteiger partial charge in [0.2, 0.25) is 5.88 Å². The van der Waals surface area contributed by atoms with Crippen LogP contribution in [0.3, 0.4) is 0 Å². The number of pyridine rings is 1. The molecular weight excluding hydrogens is 356 g/mol. The summed E-state index contributed by atoms with van der Waals surface area (Å²) in [5.74, 6) is -1.91. The smallest absolute Gasteiger partial charge is 0.387 e. The molecule has 0 saturated carbocycles. The average molecular weight is 360 g/mol. The van der Waals surface area contributed by atoms with Crippen LogP contribution in [0.15, 0.2) is 11.1 Å². The average Bonchev–Trinajstić information content (AvgIpc) is 2.24. The van der Waals surface area contributed by atoms with E-state index >= 15 is 0 Å². The minimum Gasteiger partial charge on any atom is -0.387 e. The van der Waals surface area contributed by atoms with Crippen LogP contribution in [0.25, 0.3) is 0 Å². The van der Waals surface area contributed by atoms with Crippen molar-refractivity contribution in [3.63, 3.8) is 0 Å². The molecular formula is C8H4Cl2F5NO3S. The van der Waals surface area contributed by atoms with Gasteiger partial charge in [-0.1, -0.05) is 0 Å². The standard InChI is InChI=1S/C8H4Cl2F5NO3S/c9-2-3-1-4(5(11)12)7(20(10,17)18)16-6(3)19-8(13,14)15/h1,5H,2H2. The third kappa shape index (κ3) is 4.32. The summed E-state index contributed by atoms with van der Waals surface area (Å²) in [6, 6.07) is 0.445. The maximum Gasteiger partial charge on any atom is 0.574 e. The van der Waals surface area contributed by atoms with E-state index in [9.17, 15) is 30.4 Å². The fourth-order valence-corrected chi connectivity index (χ4v) is 2.37. The summed E-state index contributed by atoms with van der Waals surface area (Å²) in [5, 5.41) is -1.41. The molecule has 0 radical (unpaired) electrons. The molecule has 0 fully saturated rings. The minimum atomic E-state index is -5.20. The Bertz CT molecular complexity index is 605. The van der Waals surface area contributed by atoms with E-state index in [4.69, 9.17) is 22.3 Å². The SMILES string of the molecule is O=S(=O)(Cl)c1nc(OC(F)(F)F)c(CCl)cc1C(F)F. The molecule has 1 rings (SSSR count). The van der Waals surface area contributed by atoms with Gasteiger partial charge in [0.15, 0.2) is 5.03 Å². The third-order valence-electron chi connectivity index (χ3n) is 1.88. The number of rotatable bonds is 4. The molecule has 1 heterocycles. The lowest BCUT2D eigenvalue weighted by atomic mass is 10.2. The lowest BCUT2D eigenvalue weighted by Gasteiger charge is -2.14. The van der Waals surface area contributed by atoms with Gasteiger partial charge >= 0.3 is 6.36 Å². The van der Waals surface area contributed by atoms with E-state index in [1.807, 2.05) is 0 Å². The molecule has 0 saturated heterocycles. The van der Waals surface area contributed by atoms with Gasteiger partial charge in [-0.2, -0.15) is 4.98 Å². The second kappa shape index (κ2) is 5.86. The fourth-order valence-electron chi connectivity index (χ4n) is 1.19. The maximum absolute atomic E-state index is 12.7.